The van der Waals surface area contributed by atoms with Crippen LogP contribution in [0.15, 0.2) is 52.3 Å². The van der Waals surface area contributed by atoms with E-state index in [0.717, 1.165) is 41.1 Å². The molecule has 0 spiro atoms. The molecule has 0 fully saturated rings. The molecule has 1 aliphatic rings. The first-order chi connectivity index (χ1) is 12.5. The second-order valence-corrected chi connectivity index (χ2v) is 8.32. The van der Waals surface area contributed by atoms with E-state index >= 15 is 0 Å². The van der Waals surface area contributed by atoms with Gasteiger partial charge in [-0.1, -0.05) is 35.5 Å². The minimum atomic E-state index is -3.38. The van der Waals surface area contributed by atoms with Crippen LogP contribution < -0.4 is 0 Å². The third-order valence-corrected chi connectivity index (χ3v) is 5.19. The molecule has 0 N–H and O–H groups in total. The van der Waals surface area contributed by atoms with Crippen molar-refractivity contribution >= 4 is 9.84 Å². The van der Waals surface area contributed by atoms with Gasteiger partial charge in [-0.2, -0.15) is 0 Å². The van der Waals surface area contributed by atoms with Crippen molar-refractivity contribution < 1.29 is 12.9 Å². The van der Waals surface area contributed by atoms with E-state index in [4.69, 9.17) is 4.52 Å². The molecule has 0 atom stereocenters. The van der Waals surface area contributed by atoms with Crippen LogP contribution in [0, 0.1) is 0 Å². The SMILES string of the molecule is CS(=O)(=O)c1ncc2c(n1)CCN(Cc1cc(-c3ccccc3)on1)C2. The molecular weight excluding hydrogens is 352 g/mol. The number of hydrogen-bond donors (Lipinski definition) is 0. The van der Waals surface area contributed by atoms with Crippen LogP contribution in [0.5, 0.6) is 0 Å². The van der Waals surface area contributed by atoms with E-state index in [0.29, 0.717) is 19.5 Å². The fraction of sp³-hybridized carbons (Fsp3) is 0.278. The van der Waals surface area contributed by atoms with E-state index in [1.165, 1.54) is 0 Å². The molecule has 0 aliphatic carbocycles. The summed E-state index contributed by atoms with van der Waals surface area (Å²) in [5.41, 5.74) is 3.62. The molecule has 0 bridgehead atoms. The lowest BCUT2D eigenvalue weighted by Crippen LogP contribution is -2.31. The summed E-state index contributed by atoms with van der Waals surface area (Å²) < 4.78 is 28.6. The topological polar surface area (TPSA) is 89.2 Å². The normalized spacial score (nSPS) is 15.0. The lowest BCUT2D eigenvalue weighted by atomic mass is 10.1. The number of rotatable bonds is 4. The first-order valence-electron chi connectivity index (χ1n) is 8.27. The van der Waals surface area contributed by atoms with Crippen LogP contribution in [0.25, 0.3) is 11.3 Å². The van der Waals surface area contributed by atoms with E-state index in [1.54, 1.807) is 6.20 Å². The molecule has 4 rings (SSSR count). The van der Waals surface area contributed by atoms with Crippen molar-refractivity contribution in [1.82, 2.24) is 20.0 Å². The molecule has 0 amide bonds. The number of nitrogens with zero attached hydrogens (tertiary/aromatic N) is 4. The average molecular weight is 370 g/mol. The molecule has 0 unspecified atom stereocenters. The van der Waals surface area contributed by atoms with E-state index in [9.17, 15) is 8.42 Å². The smallest absolute Gasteiger partial charge is 0.246 e. The van der Waals surface area contributed by atoms with Gasteiger partial charge in [0.05, 0.1) is 11.4 Å². The third-order valence-electron chi connectivity index (χ3n) is 4.33. The molecule has 0 radical (unpaired) electrons. The number of aromatic nitrogens is 3. The summed E-state index contributed by atoms with van der Waals surface area (Å²) in [4.78, 5) is 10.4. The Morgan fingerprint density at radius 1 is 1.23 bits per heavy atom. The molecule has 1 aromatic carbocycles. The highest BCUT2D eigenvalue weighted by Gasteiger charge is 2.22. The fourth-order valence-electron chi connectivity index (χ4n) is 3.02. The molecule has 0 saturated heterocycles. The molecule has 134 valence electrons. The highest BCUT2D eigenvalue weighted by Crippen LogP contribution is 2.23. The molecule has 8 heteroatoms. The van der Waals surface area contributed by atoms with Crippen molar-refractivity contribution in [3.05, 3.63) is 59.5 Å². The van der Waals surface area contributed by atoms with Gasteiger partial charge in [-0.3, -0.25) is 4.90 Å². The van der Waals surface area contributed by atoms with Crippen LogP contribution >= 0.6 is 0 Å². The Balaban J connectivity index is 1.48. The number of benzene rings is 1. The maximum atomic E-state index is 11.6. The lowest BCUT2D eigenvalue weighted by molar-refractivity contribution is 0.234. The second kappa shape index (κ2) is 6.62. The van der Waals surface area contributed by atoms with Gasteiger partial charge in [0.2, 0.25) is 15.0 Å². The summed E-state index contributed by atoms with van der Waals surface area (Å²) in [6.45, 7) is 2.09. The van der Waals surface area contributed by atoms with Crippen LogP contribution in [0.1, 0.15) is 17.0 Å². The third kappa shape index (κ3) is 3.51. The van der Waals surface area contributed by atoms with Gasteiger partial charge in [0.25, 0.3) is 0 Å². The standard InChI is InChI=1S/C18H18N4O3S/c1-26(23,24)18-19-10-14-11-22(8-7-16(14)20-18)12-15-9-17(25-21-15)13-5-3-2-4-6-13/h2-6,9-10H,7-8,11-12H2,1H3. The van der Waals surface area contributed by atoms with E-state index in [2.05, 4.69) is 20.0 Å². The Labute approximate surface area is 151 Å². The zero-order chi connectivity index (χ0) is 18.1. The van der Waals surface area contributed by atoms with Gasteiger partial charge in [0.1, 0.15) is 0 Å². The summed E-state index contributed by atoms with van der Waals surface area (Å²) >= 11 is 0. The first kappa shape index (κ1) is 16.9. The molecule has 26 heavy (non-hydrogen) atoms. The Bertz CT molecular complexity index is 1030. The van der Waals surface area contributed by atoms with Crippen molar-refractivity contribution in [2.24, 2.45) is 0 Å². The van der Waals surface area contributed by atoms with Gasteiger partial charge in [-0.15, -0.1) is 0 Å². The van der Waals surface area contributed by atoms with Gasteiger partial charge >= 0.3 is 0 Å². The van der Waals surface area contributed by atoms with Gasteiger partial charge in [-0.05, 0) is 0 Å². The quantitative estimate of drug-likeness (QED) is 0.650. The molecule has 0 saturated carbocycles. The molecule has 3 heterocycles. The first-order valence-corrected chi connectivity index (χ1v) is 10.2. The van der Waals surface area contributed by atoms with Crippen molar-refractivity contribution in [2.75, 3.05) is 12.8 Å². The number of sulfone groups is 1. The minimum absolute atomic E-state index is 0.103. The van der Waals surface area contributed by atoms with Crippen LogP contribution in [0.3, 0.4) is 0 Å². The predicted octanol–water partition coefficient (Wildman–Crippen LogP) is 2.09. The highest BCUT2D eigenvalue weighted by atomic mass is 32.2. The predicted molar refractivity (Wildman–Crippen MR) is 94.9 cm³/mol. The molecule has 3 aromatic rings. The van der Waals surface area contributed by atoms with Gasteiger partial charge in [0, 0.05) is 55.7 Å². The Hall–Kier alpha value is -2.58. The van der Waals surface area contributed by atoms with Crippen molar-refractivity contribution in [3.8, 4) is 11.3 Å². The fourth-order valence-corrected chi connectivity index (χ4v) is 3.54. The summed E-state index contributed by atoms with van der Waals surface area (Å²) in [6, 6.07) is 11.8. The number of fused-ring (bicyclic) bond motifs is 1. The van der Waals surface area contributed by atoms with E-state index < -0.39 is 9.84 Å². The largest absolute Gasteiger partial charge is 0.356 e. The Kier molecular flexibility index (Phi) is 4.29. The van der Waals surface area contributed by atoms with Crippen LogP contribution in [-0.4, -0.2) is 41.2 Å². The minimum Gasteiger partial charge on any atom is -0.356 e. The second-order valence-electron chi connectivity index (χ2n) is 6.41. The zero-order valence-corrected chi connectivity index (χ0v) is 15.1. The molecule has 2 aromatic heterocycles. The van der Waals surface area contributed by atoms with Gasteiger partial charge in [0.15, 0.2) is 5.76 Å². The van der Waals surface area contributed by atoms with Crippen molar-refractivity contribution in [3.63, 3.8) is 0 Å². The molecule has 7 nitrogen and oxygen atoms in total. The van der Waals surface area contributed by atoms with Crippen LogP contribution in [0.2, 0.25) is 0 Å². The summed E-state index contributed by atoms with van der Waals surface area (Å²) in [5, 5.41) is 4.06. The Morgan fingerprint density at radius 3 is 2.81 bits per heavy atom. The van der Waals surface area contributed by atoms with Gasteiger partial charge in [-0.25, -0.2) is 18.4 Å². The van der Waals surface area contributed by atoms with Crippen molar-refractivity contribution in [2.45, 2.75) is 24.7 Å². The lowest BCUT2D eigenvalue weighted by Gasteiger charge is -2.26. The molecule has 1 aliphatic heterocycles. The molecular formula is C18H18N4O3S. The maximum absolute atomic E-state index is 11.6. The number of hydrogen-bond acceptors (Lipinski definition) is 7. The van der Waals surface area contributed by atoms with Crippen LogP contribution in [-0.2, 0) is 29.3 Å². The van der Waals surface area contributed by atoms with Crippen LogP contribution in [0.4, 0.5) is 0 Å². The zero-order valence-electron chi connectivity index (χ0n) is 14.3. The summed E-state index contributed by atoms with van der Waals surface area (Å²) in [7, 11) is -3.38. The summed E-state index contributed by atoms with van der Waals surface area (Å²) in [5.74, 6) is 0.749. The van der Waals surface area contributed by atoms with Crippen molar-refractivity contribution in [1.29, 1.82) is 0 Å². The van der Waals surface area contributed by atoms with E-state index in [-0.39, 0.29) is 5.16 Å². The summed E-state index contributed by atoms with van der Waals surface area (Å²) in [6.07, 6.45) is 3.42. The van der Waals surface area contributed by atoms with Gasteiger partial charge < -0.3 is 4.52 Å². The Morgan fingerprint density at radius 2 is 2.04 bits per heavy atom. The monoisotopic (exact) mass is 370 g/mol. The highest BCUT2D eigenvalue weighted by molar-refractivity contribution is 7.90. The van der Waals surface area contributed by atoms with E-state index in [1.807, 2.05) is 36.4 Å². The maximum Gasteiger partial charge on any atom is 0.246 e. The average Bonchev–Trinajstić information content (AvgIpc) is 3.10.